The molecule has 0 saturated heterocycles. The van der Waals surface area contributed by atoms with Gasteiger partial charge in [-0.05, 0) is 37.4 Å². The molecule has 8 heteroatoms. The van der Waals surface area contributed by atoms with Crippen molar-refractivity contribution in [2.75, 3.05) is 11.9 Å². The molecule has 0 spiro atoms. The van der Waals surface area contributed by atoms with Gasteiger partial charge in [0.15, 0.2) is 5.13 Å². The number of benzene rings is 1. The minimum absolute atomic E-state index is 0.0117. The van der Waals surface area contributed by atoms with Crippen molar-refractivity contribution in [1.82, 2.24) is 20.2 Å². The lowest BCUT2D eigenvalue weighted by Crippen LogP contribution is -2.35. The standard InChI is InChI=1S/C19H21N5O2S/c1-11(2)21-18(26)23-19-22-14-6-8-24(10-16(14)27-19)17(25)13-4-3-12-5-7-20-15(12)9-13/h3-5,7,9,11,20H,6,8,10H2,1-2H3,(H2,21,22,23,26). The van der Waals surface area contributed by atoms with Crippen molar-refractivity contribution in [3.05, 3.63) is 46.6 Å². The van der Waals surface area contributed by atoms with Gasteiger partial charge in [-0.15, -0.1) is 0 Å². The lowest BCUT2D eigenvalue weighted by Gasteiger charge is -2.26. The molecule has 140 valence electrons. The second kappa shape index (κ2) is 7.03. The van der Waals surface area contributed by atoms with E-state index in [1.54, 1.807) is 0 Å². The van der Waals surface area contributed by atoms with Crippen LogP contribution in [-0.4, -0.2) is 39.4 Å². The number of amides is 3. The van der Waals surface area contributed by atoms with Crippen LogP contribution in [0, 0.1) is 0 Å². The van der Waals surface area contributed by atoms with Crippen LogP contribution in [0.5, 0.6) is 0 Å². The summed E-state index contributed by atoms with van der Waals surface area (Å²) in [4.78, 5) is 35.3. The molecule has 4 rings (SSSR count). The van der Waals surface area contributed by atoms with Crippen molar-refractivity contribution in [2.24, 2.45) is 0 Å². The highest BCUT2D eigenvalue weighted by Crippen LogP contribution is 2.29. The van der Waals surface area contributed by atoms with E-state index in [4.69, 9.17) is 0 Å². The number of fused-ring (bicyclic) bond motifs is 2. The number of rotatable bonds is 3. The number of hydrogen-bond donors (Lipinski definition) is 3. The zero-order chi connectivity index (χ0) is 19.0. The summed E-state index contributed by atoms with van der Waals surface area (Å²) in [5, 5.41) is 7.21. The smallest absolute Gasteiger partial charge is 0.321 e. The monoisotopic (exact) mass is 383 g/mol. The maximum absolute atomic E-state index is 12.9. The average Bonchev–Trinajstić information content (AvgIpc) is 3.24. The number of carbonyl (C=O) groups excluding carboxylic acids is 2. The van der Waals surface area contributed by atoms with Crippen molar-refractivity contribution < 1.29 is 9.59 Å². The van der Waals surface area contributed by atoms with Gasteiger partial charge >= 0.3 is 6.03 Å². The molecule has 2 aromatic heterocycles. The number of nitrogens with zero attached hydrogens (tertiary/aromatic N) is 2. The fourth-order valence-corrected chi connectivity index (χ4v) is 4.20. The van der Waals surface area contributed by atoms with Crippen LogP contribution in [-0.2, 0) is 13.0 Å². The topological polar surface area (TPSA) is 90.1 Å². The number of aromatic amines is 1. The van der Waals surface area contributed by atoms with Gasteiger partial charge in [0.1, 0.15) is 0 Å². The highest BCUT2D eigenvalue weighted by molar-refractivity contribution is 7.15. The van der Waals surface area contributed by atoms with Crippen LogP contribution in [0.4, 0.5) is 9.93 Å². The van der Waals surface area contributed by atoms with Crippen LogP contribution in [0.2, 0.25) is 0 Å². The second-order valence-corrected chi connectivity index (χ2v) is 7.98. The zero-order valence-electron chi connectivity index (χ0n) is 15.2. The first-order chi connectivity index (χ1) is 13.0. The molecule has 3 aromatic rings. The maximum Gasteiger partial charge on any atom is 0.321 e. The van der Waals surface area contributed by atoms with Gasteiger partial charge in [0.2, 0.25) is 0 Å². The number of aromatic nitrogens is 2. The molecule has 1 aliphatic rings. The number of nitrogens with one attached hydrogen (secondary N) is 3. The molecule has 0 unspecified atom stereocenters. The number of hydrogen-bond acceptors (Lipinski definition) is 4. The van der Waals surface area contributed by atoms with Crippen LogP contribution in [0.15, 0.2) is 30.5 Å². The summed E-state index contributed by atoms with van der Waals surface area (Å²) < 4.78 is 0. The summed E-state index contributed by atoms with van der Waals surface area (Å²) in [5.74, 6) is 0.0117. The zero-order valence-corrected chi connectivity index (χ0v) is 16.0. The van der Waals surface area contributed by atoms with Crippen LogP contribution < -0.4 is 10.6 Å². The van der Waals surface area contributed by atoms with Gasteiger partial charge in [-0.3, -0.25) is 10.1 Å². The highest BCUT2D eigenvalue weighted by atomic mass is 32.1. The van der Waals surface area contributed by atoms with Crippen LogP contribution in [0.3, 0.4) is 0 Å². The normalized spacial score (nSPS) is 13.7. The molecule has 3 heterocycles. The van der Waals surface area contributed by atoms with E-state index in [9.17, 15) is 9.59 Å². The van der Waals surface area contributed by atoms with Crippen molar-refractivity contribution in [3.8, 4) is 0 Å². The molecular formula is C19H21N5O2S. The summed E-state index contributed by atoms with van der Waals surface area (Å²) in [5.41, 5.74) is 2.59. The molecule has 0 fully saturated rings. The van der Waals surface area contributed by atoms with Gasteiger partial charge in [-0.1, -0.05) is 17.4 Å². The third-order valence-electron chi connectivity index (χ3n) is 4.46. The van der Waals surface area contributed by atoms with E-state index in [1.165, 1.54) is 11.3 Å². The molecule has 0 aliphatic carbocycles. The van der Waals surface area contributed by atoms with Crippen molar-refractivity contribution in [2.45, 2.75) is 32.9 Å². The third-order valence-corrected chi connectivity index (χ3v) is 5.46. The quantitative estimate of drug-likeness (QED) is 0.648. The first-order valence-electron chi connectivity index (χ1n) is 8.92. The molecular weight excluding hydrogens is 362 g/mol. The SMILES string of the molecule is CC(C)NC(=O)Nc1nc2c(s1)CN(C(=O)c1ccc3cc[nH]c3c1)CC2. The molecule has 0 atom stereocenters. The highest BCUT2D eigenvalue weighted by Gasteiger charge is 2.25. The van der Waals surface area contributed by atoms with Gasteiger partial charge < -0.3 is 15.2 Å². The van der Waals surface area contributed by atoms with Crippen LogP contribution >= 0.6 is 11.3 Å². The van der Waals surface area contributed by atoms with Gasteiger partial charge in [0.05, 0.1) is 12.2 Å². The summed E-state index contributed by atoms with van der Waals surface area (Å²) in [6.07, 6.45) is 2.56. The van der Waals surface area contributed by atoms with Gasteiger partial charge in [-0.2, -0.15) is 0 Å². The Morgan fingerprint density at radius 1 is 1.30 bits per heavy atom. The van der Waals surface area contributed by atoms with Crippen LogP contribution in [0.25, 0.3) is 10.9 Å². The predicted molar refractivity (Wildman–Crippen MR) is 106 cm³/mol. The molecule has 7 nitrogen and oxygen atoms in total. The molecule has 0 bridgehead atoms. The predicted octanol–water partition coefficient (Wildman–Crippen LogP) is 3.35. The summed E-state index contributed by atoms with van der Waals surface area (Å²) in [6, 6.07) is 7.50. The minimum atomic E-state index is -0.261. The first kappa shape index (κ1) is 17.5. The van der Waals surface area contributed by atoms with E-state index in [-0.39, 0.29) is 18.0 Å². The number of anilines is 1. The number of carbonyl (C=O) groups is 2. The molecule has 3 N–H and O–H groups in total. The fraction of sp³-hybridized carbons (Fsp3) is 0.316. The Labute approximate surface area is 160 Å². The number of H-pyrrole nitrogens is 1. The molecule has 1 aromatic carbocycles. The lowest BCUT2D eigenvalue weighted by atomic mass is 10.1. The minimum Gasteiger partial charge on any atom is -0.361 e. The third kappa shape index (κ3) is 3.66. The molecule has 27 heavy (non-hydrogen) atoms. The molecule has 1 aliphatic heterocycles. The number of urea groups is 1. The van der Waals surface area contributed by atoms with Gasteiger partial charge in [0, 0.05) is 41.2 Å². The molecule has 0 radical (unpaired) electrons. The Morgan fingerprint density at radius 3 is 2.96 bits per heavy atom. The van der Waals surface area contributed by atoms with E-state index in [1.807, 2.05) is 49.2 Å². The fourth-order valence-electron chi connectivity index (χ4n) is 3.18. The molecule has 0 saturated carbocycles. The molecule has 3 amide bonds. The largest absolute Gasteiger partial charge is 0.361 e. The Kier molecular flexibility index (Phi) is 4.57. The second-order valence-electron chi connectivity index (χ2n) is 6.90. The van der Waals surface area contributed by atoms with Crippen molar-refractivity contribution in [1.29, 1.82) is 0 Å². The number of thiazole rings is 1. The van der Waals surface area contributed by atoms with E-state index in [0.717, 1.165) is 21.5 Å². The first-order valence-corrected chi connectivity index (χ1v) is 9.74. The van der Waals surface area contributed by atoms with E-state index < -0.39 is 0 Å². The van der Waals surface area contributed by atoms with Crippen molar-refractivity contribution in [3.63, 3.8) is 0 Å². The maximum atomic E-state index is 12.9. The van der Waals surface area contributed by atoms with E-state index in [0.29, 0.717) is 30.2 Å². The van der Waals surface area contributed by atoms with Gasteiger partial charge in [-0.25, -0.2) is 9.78 Å². The Balaban J connectivity index is 1.47. The van der Waals surface area contributed by atoms with Gasteiger partial charge in [0.25, 0.3) is 5.91 Å². The summed E-state index contributed by atoms with van der Waals surface area (Å²) >= 11 is 1.43. The Bertz CT molecular complexity index is 1010. The van der Waals surface area contributed by atoms with E-state index in [2.05, 4.69) is 20.6 Å². The Hall–Kier alpha value is -2.87. The average molecular weight is 383 g/mol. The summed E-state index contributed by atoms with van der Waals surface area (Å²) in [6.45, 7) is 4.94. The van der Waals surface area contributed by atoms with E-state index >= 15 is 0 Å². The van der Waals surface area contributed by atoms with Crippen molar-refractivity contribution >= 4 is 39.3 Å². The van der Waals surface area contributed by atoms with Crippen LogP contribution in [0.1, 0.15) is 34.8 Å². The lowest BCUT2D eigenvalue weighted by molar-refractivity contribution is 0.0736. The Morgan fingerprint density at radius 2 is 2.15 bits per heavy atom. The summed E-state index contributed by atoms with van der Waals surface area (Å²) in [7, 11) is 0.